The lowest BCUT2D eigenvalue weighted by Crippen LogP contribution is -1.84. The molecular weight excluding hydrogens is 248 g/mol. The molecule has 0 aliphatic rings. The topological polar surface area (TPSA) is 50.7 Å². The van der Waals surface area contributed by atoms with E-state index in [1.807, 2.05) is 13.2 Å². The number of nitrogens with one attached hydrogen (secondary N) is 1. The van der Waals surface area contributed by atoms with Crippen LogP contribution in [-0.2, 0) is 5.75 Å². The van der Waals surface area contributed by atoms with Crippen molar-refractivity contribution in [3.63, 3.8) is 0 Å². The fourth-order valence-electron chi connectivity index (χ4n) is 1.02. The van der Waals surface area contributed by atoms with Gasteiger partial charge in [0.25, 0.3) is 0 Å². The minimum absolute atomic E-state index is 0.838. The zero-order chi connectivity index (χ0) is 10.7. The van der Waals surface area contributed by atoms with Crippen molar-refractivity contribution in [2.24, 2.45) is 0 Å². The Morgan fingerprint density at radius 3 is 2.93 bits per heavy atom. The van der Waals surface area contributed by atoms with Crippen LogP contribution in [0.25, 0.3) is 9.88 Å². The lowest BCUT2D eigenvalue weighted by Gasteiger charge is -1.87. The van der Waals surface area contributed by atoms with Crippen molar-refractivity contribution < 1.29 is 0 Å². The first kappa shape index (κ1) is 10.8. The van der Waals surface area contributed by atoms with Crippen LogP contribution in [0.1, 0.15) is 5.01 Å². The van der Waals surface area contributed by atoms with Crippen LogP contribution >= 0.6 is 34.4 Å². The van der Waals surface area contributed by atoms with Gasteiger partial charge >= 0.3 is 0 Å². The maximum atomic E-state index is 4.33. The summed E-state index contributed by atoms with van der Waals surface area (Å²) in [7, 11) is 1.84. The van der Waals surface area contributed by atoms with Gasteiger partial charge in [-0.05, 0) is 6.26 Å². The Morgan fingerprint density at radius 2 is 2.27 bits per heavy atom. The standard InChI is InChI=1S/C8H10N4S3/c1-9-8-12-11-7(15-8)5-3-10-6(14-5)4-13-2/h3H,4H2,1-2H3,(H,9,12). The van der Waals surface area contributed by atoms with Crippen molar-refractivity contribution in [2.45, 2.75) is 5.75 Å². The SMILES string of the molecule is CNc1nnc(-c2cnc(CSC)s2)s1. The first-order valence-electron chi connectivity index (χ1n) is 4.28. The molecule has 0 atom stereocenters. The summed E-state index contributed by atoms with van der Waals surface area (Å²) in [6, 6.07) is 0. The number of aromatic nitrogens is 3. The Morgan fingerprint density at radius 1 is 1.40 bits per heavy atom. The largest absolute Gasteiger partial charge is 0.363 e. The van der Waals surface area contributed by atoms with Gasteiger partial charge in [-0.2, -0.15) is 11.8 Å². The molecule has 15 heavy (non-hydrogen) atoms. The maximum absolute atomic E-state index is 4.33. The van der Waals surface area contributed by atoms with E-state index in [4.69, 9.17) is 0 Å². The van der Waals surface area contributed by atoms with Crippen LogP contribution < -0.4 is 5.32 Å². The van der Waals surface area contributed by atoms with Gasteiger partial charge in [0.1, 0.15) is 5.01 Å². The van der Waals surface area contributed by atoms with E-state index in [9.17, 15) is 0 Å². The molecule has 0 saturated carbocycles. The third-order valence-electron chi connectivity index (χ3n) is 1.67. The predicted molar refractivity (Wildman–Crippen MR) is 67.8 cm³/mol. The molecule has 0 radical (unpaired) electrons. The third-order valence-corrected chi connectivity index (χ3v) is 4.52. The summed E-state index contributed by atoms with van der Waals surface area (Å²) in [5.41, 5.74) is 0. The van der Waals surface area contributed by atoms with Crippen molar-refractivity contribution in [2.75, 3.05) is 18.6 Å². The van der Waals surface area contributed by atoms with E-state index in [0.717, 1.165) is 25.8 Å². The van der Waals surface area contributed by atoms with Crippen LogP contribution in [0.5, 0.6) is 0 Å². The van der Waals surface area contributed by atoms with Crippen molar-refractivity contribution in [3.05, 3.63) is 11.2 Å². The van der Waals surface area contributed by atoms with Crippen LogP contribution in [-0.4, -0.2) is 28.5 Å². The molecule has 0 fully saturated rings. The van der Waals surface area contributed by atoms with Gasteiger partial charge < -0.3 is 5.32 Å². The molecule has 80 valence electrons. The van der Waals surface area contributed by atoms with Gasteiger partial charge in [-0.1, -0.05) is 11.3 Å². The summed E-state index contributed by atoms with van der Waals surface area (Å²) in [5, 5.41) is 14.0. The maximum Gasteiger partial charge on any atom is 0.205 e. The van der Waals surface area contributed by atoms with E-state index in [2.05, 4.69) is 26.8 Å². The zero-order valence-electron chi connectivity index (χ0n) is 8.35. The molecule has 0 amide bonds. The molecule has 0 aliphatic carbocycles. The molecule has 2 aromatic heterocycles. The van der Waals surface area contributed by atoms with Gasteiger partial charge in [0.05, 0.1) is 4.88 Å². The zero-order valence-corrected chi connectivity index (χ0v) is 10.8. The Bertz CT molecular complexity index is 437. The monoisotopic (exact) mass is 258 g/mol. The highest BCUT2D eigenvalue weighted by Gasteiger charge is 2.09. The summed E-state index contributed by atoms with van der Waals surface area (Å²) in [6.07, 6.45) is 3.95. The Labute approximate surface area is 100 Å². The normalized spacial score (nSPS) is 10.5. The summed E-state index contributed by atoms with van der Waals surface area (Å²) in [6.45, 7) is 0. The smallest absolute Gasteiger partial charge is 0.205 e. The Hall–Kier alpha value is -0.660. The number of rotatable bonds is 4. The quantitative estimate of drug-likeness (QED) is 0.913. The molecule has 2 aromatic rings. The molecule has 0 aromatic carbocycles. The summed E-state index contributed by atoms with van der Waals surface area (Å²) < 4.78 is 0. The van der Waals surface area contributed by atoms with Crippen LogP contribution in [0.2, 0.25) is 0 Å². The minimum atomic E-state index is 0.838. The average molecular weight is 258 g/mol. The molecule has 0 bridgehead atoms. The first-order valence-corrected chi connectivity index (χ1v) is 7.31. The highest BCUT2D eigenvalue weighted by atomic mass is 32.2. The van der Waals surface area contributed by atoms with E-state index in [-0.39, 0.29) is 0 Å². The van der Waals surface area contributed by atoms with Crippen LogP contribution in [0, 0.1) is 0 Å². The highest BCUT2D eigenvalue weighted by Crippen LogP contribution is 2.31. The summed E-state index contributed by atoms with van der Waals surface area (Å²) in [5.74, 6) is 0.961. The molecule has 2 heterocycles. The first-order chi connectivity index (χ1) is 7.33. The van der Waals surface area contributed by atoms with E-state index in [0.29, 0.717) is 0 Å². The molecule has 4 nitrogen and oxygen atoms in total. The van der Waals surface area contributed by atoms with Gasteiger partial charge in [0, 0.05) is 19.0 Å². The van der Waals surface area contributed by atoms with Crippen LogP contribution in [0.15, 0.2) is 6.20 Å². The second-order valence-corrected chi connectivity index (χ2v) is 5.67. The number of hydrogen-bond acceptors (Lipinski definition) is 7. The Kier molecular flexibility index (Phi) is 3.55. The fraction of sp³-hybridized carbons (Fsp3) is 0.375. The van der Waals surface area contributed by atoms with Gasteiger partial charge in [0.2, 0.25) is 5.13 Å². The molecule has 0 aliphatic heterocycles. The van der Waals surface area contributed by atoms with Gasteiger partial charge in [-0.3, -0.25) is 0 Å². The van der Waals surface area contributed by atoms with Crippen LogP contribution in [0.3, 0.4) is 0 Å². The number of anilines is 1. The summed E-state index contributed by atoms with van der Waals surface area (Å²) in [4.78, 5) is 5.43. The van der Waals surface area contributed by atoms with E-state index < -0.39 is 0 Å². The number of nitrogens with zero attached hydrogens (tertiary/aromatic N) is 3. The molecule has 2 rings (SSSR count). The van der Waals surface area contributed by atoms with E-state index in [1.54, 1.807) is 34.4 Å². The van der Waals surface area contributed by atoms with E-state index >= 15 is 0 Å². The average Bonchev–Trinajstić information content (AvgIpc) is 2.85. The van der Waals surface area contributed by atoms with Crippen molar-refractivity contribution in [1.29, 1.82) is 0 Å². The summed E-state index contributed by atoms with van der Waals surface area (Å²) >= 11 is 5.01. The number of thioether (sulfide) groups is 1. The van der Waals surface area contributed by atoms with Gasteiger partial charge in [0.15, 0.2) is 5.01 Å². The lowest BCUT2D eigenvalue weighted by molar-refractivity contribution is 1.09. The molecule has 0 spiro atoms. The second-order valence-electron chi connectivity index (χ2n) is 2.71. The van der Waals surface area contributed by atoms with Crippen molar-refractivity contribution >= 4 is 39.6 Å². The lowest BCUT2D eigenvalue weighted by atomic mass is 10.6. The number of hydrogen-bond donors (Lipinski definition) is 1. The Balaban J connectivity index is 2.21. The highest BCUT2D eigenvalue weighted by molar-refractivity contribution is 7.97. The molecule has 1 N–H and O–H groups in total. The minimum Gasteiger partial charge on any atom is -0.363 e. The second kappa shape index (κ2) is 4.91. The molecule has 0 saturated heterocycles. The van der Waals surface area contributed by atoms with Gasteiger partial charge in [-0.15, -0.1) is 21.5 Å². The number of thiazole rings is 1. The molecule has 7 heteroatoms. The fourth-order valence-corrected chi connectivity index (χ4v) is 3.38. The van der Waals surface area contributed by atoms with Crippen LogP contribution in [0.4, 0.5) is 5.13 Å². The molecule has 0 unspecified atom stereocenters. The van der Waals surface area contributed by atoms with Crippen molar-refractivity contribution in [3.8, 4) is 9.88 Å². The van der Waals surface area contributed by atoms with Gasteiger partial charge in [-0.25, -0.2) is 4.98 Å². The van der Waals surface area contributed by atoms with E-state index in [1.165, 1.54) is 0 Å². The third kappa shape index (κ3) is 2.47. The predicted octanol–water partition coefficient (Wildman–Crippen LogP) is 2.57. The molecular formula is C8H10N4S3. The van der Waals surface area contributed by atoms with Crippen molar-refractivity contribution in [1.82, 2.24) is 15.2 Å².